The van der Waals surface area contributed by atoms with Crippen LogP contribution >= 0.6 is 11.6 Å². The number of para-hydroxylation sites is 1. The molecule has 0 spiro atoms. The highest BCUT2D eigenvalue weighted by Crippen LogP contribution is 2.26. The Balaban J connectivity index is 1.51. The van der Waals surface area contributed by atoms with Gasteiger partial charge in [-0.2, -0.15) is 0 Å². The lowest BCUT2D eigenvalue weighted by Gasteiger charge is -2.36. The number of benzene rings is 3. The van der Waals surface area contributed by atoms with Gasteiger partial charge < -0.3 is 9.80 Å². The molecule has 5 nitrogen and oxygen atoms in total. The predicted molar refractivity (Wildman–Crippen MR) is 150 cm³/mol. The highest BCUT2D eigenvalue weighted by atomic mass is 35.5. The summed E-state index contributed by atoms with van der Waals surface area (Å²) < 4.78 is 0. The van der Waals surface area contributed by atoms with Crippen molar-refractivity contribution in [2.24, 2.45) is 4.99 Å². The van der Waals surface area contributed by atoms with Crippen LogP contribution in [-0.4, -0.2) is 72.3 Å². The van der Waals surface area contributed by atoms with Crippen LogP contribution in [0.4, 0.5) is 5.69 Å². The molecule has 3 aromatic carbocycles. The summed E-state index contributed by atoms with van der Waals surface area (Å²) in [5.74, 6) is 0.954. The molecule has 6 heteroatoms. The lowest BCUT2D eigenvalue weighted by Crippen LogP contribution is -2.49. The highest BCUT2D eigenvalue weighted by Gasteiger charge is 2.22. The summed E-state index contributed by atoms with van der Waals surface area (Å²) in [6.07, 6.45) is 1.06. The summed E-state index contributed by atoms with van der Waals surface area (Å²) >= 11 is 6.47. The van der Waals surface area contributed by atoms with Crippen LogP contribution in [0, 0.1) is 0 Å². The molecule has 36 heavy (non-hydrogen) atoms. The monoisotopic (exact) mass is 502 g/mol. The first-order valence-electron chi connectivity index (χ1n) is 12.8. The molecular weight excluding hydrogens is 468 g/mol. The summed E-state index contributed by atoms with van der Waals surface area (Å²) in [6.45, 7) is 10.2. The summed E-state index contributed by atoms with van der Waals surface area (Å²) in [5.41, 5.74) is 3.82. The quantitative estimate of drug-likeness (QED) is 0.290. The zero-order chi connectivity index (χ0) is 25.3. The molecule has 0 saturated carbocycles. The Kier molecular flexibility index (Phi) is 9.15. The van der Waals surface area contributed by atoms with Crippen LogP contribution in [0.2, 0.25) is 5.02 Å². The van der Waals surface area contributed by atoms with Crippen molar-refractivity contribution in [3.05, 3.63) is 101 Å². The average Bonchev–Trinajstić information content (AvgIpc) is 2.93. The molecule has 1 heterocycles. The summed E-state index contributed by atoms with van der Waals surface area (Å²) in [5, 5.41) is 0.629. The van der Waals surface area contributed by atoms with Gasteiger partial charge >= 0.3 is 0 Å². The lowest BCUT2D eigenvalue weighted by atomic mass is 10.1. The minimum Gasteiger partial charge on any atom is -0.354 e. The standard InChI is InChI=1S/C30H35ClN4O/c1-3-34(4-2)30(36)26-16-14-25(15-17-26)29(32-28-13-9-8-12-27(28)31)35-22-20-33(21-23-35)19-18-24-10-6-5-7-11-24/h5-17H,3-4,18-23H2,1-2H3/b32-29-. The fourth-order valence-electron chi connectivity index (χ4n) is 4.54. The van der Waals surface area contributed by atoms with E-state index in [1.807, 2.05) is 67.3 Å². The van der Waals surface area contributed by atoms with Gasteiger partial charge in [0.25, 0.3) is 5.91 Å². The maximum Gasteiger partial charge on any atom is 0.253 e. The molecule has 1 fully saturated rings. The van der Waals surface area contributed by atoms with Gasteiger partial charge in [0.1, 0.15) is 5.84 Å². The van der Waals surface area contributed by atoms with E-state index in [-0.39, 0.29) is 5.91 Å². The first-order chi connectivity index (χ1) is 17.6. The molecule has 0 bridgehead atoms. The van der Waals surface area contributed by atoms with Crippen LogP contribution < -0.4 is 0 Å². The third-order valence-electron chi connectivity index (χ3n) is 6.75. The Bertz CT molecular complexity index is 1150. The van der Waals surface area contributed by atoms with E-state index in [0.29, 0.717) is 23.7 Å². The Morgan fingerprint density at radius 3 is 2.08 bits per heavy atom. The Labute approximate surface area is 220 Å². The van der Waals surface area contributed by atoms with Gasteiger partial charge in [-0.15, -0.1) is 0 Å². The number of halogens is 1. The molecule has 0 aliphatic carbocycles. The number of nitrogens with zero attached hydrogens (tertiary/aromatic N) is 4. The van der Waals surface area contributed by atoms with Crippen LogP contribution in [0.15, 0.2) is 83.9 Å². The second-order valence-corrected chi connectivity index (χ2v) is 9.41. The first-order valence-corrected chi connectivity index (χ1v) is 13.2. The molecule has 188 valence electrons. The van der Waals surface area contributed by atoms with Crippen molar-refractivity contribution in [1.82, 2.24) is 14.7 Å². The molecule has 1 amide bonds. The summed E-state index contributed by atoms with van der Waals surface area (Å²) in [7, 11) is 0. The van der Waals surface area contributed by atoms with Crippen molar-refractivity contribution in [2.75, 3.05) is 45.8 Å². The van der Waals surface area contributed by atoms with E-state index < -0.39 is 0 Å². The number of amides is 1. The number of carbonyl (C=O) groups excluding carboxylic acids is 1. The van der Waals surface area contributed by atoms with Gasteiger partial charge in [0.2, 0.25) is 0 Å². The van der Waals surface area contributed by atoms with Crippen LogP contribution in [-0.2, 0) is 6.42 Å². The average molecular weight is 503 g/mol. The fraction of sp³-hybridized carbons (Fsp3) is 0.333. The van der Waals surface area contributed by atoms with Gasteiger partial charge in [0.15, 0.2) is 0 Å². The predicted octanol–water partition coefficient (Wildman–Crippen LogP) is 5.76. The van der Waals surface area contributed by atoms with Crippen molar-refractivity contribution in [2.45, 2.75) is 20.3 Å². The van der Waals surface area contributed by atoms with E-state index in [1.54, 1.807) is 0 Å². The number of amidine groups is 1. The van der Waals surface area contributed by atoms with Gasteiger partial charge in [-0.3, -0.25) is 9.69 Å². The van der Waals surface area contributed by atoms with E-state index in [2.05, 4.69) is 40.1 Å². The van der Waals surface area contributed by atoms with Crippen LogP contribution in [0.5, 0.6) is 0 Å². The minimum absolute atomic E-state index is 0.0585. The summed E-state index contributed by atoms with van der Waals surface area (Å²) in [6, 6.07) is 26.2. The molecule has 0 unspecified atom stereocenters. The van der Waals surface area contributed by atoms with Gasteiger partial charge in [0, 0.05) is 56.9 Å². The van der Waals surface area contributed by atoms with Crippen molar-refractivity contribution in [3.8, 4) is 0 Å². The number of hydrogen-bond acceptors (Lipinski definition) is 3. The second kappa shape index (κ2) is 12.7. The zero-order valence-electron chi connectivity index (χ0n) is 21.2. The number of carbonyl (C=O) groups is 1. The molecule has 0 radical (unpaired) electrons. The Morgan fingerprint density at radius 1 is 0.833 bits per heavy atom. The van der Waals surface area contributed by atoms with Crippen LogP contribution in [0.3, 0.4) is 0 Å². The number of aliphatic imine (C=N–C) groups is 1. The van der Waals surface area contributed by atoms with Crippen molar-refractivity contribution >= 4 is 29.0 Å². The maximum absolute atomic E-state index is 12.8. The molecule has 0 N–H and O–H groups in total. The zero-order valence-corrected chi connectivity index (χ0v) is 22.0. The largest absolute Gasteiger partial charge is 0.354 e. The van der Waals surface area contributed by atoms with Crippen LogP contribution in [0.1, 0.15) is 35.3 Å². The Morgan fingerprint density at radius 2 is 1.44 bits per heavy atom. The second-order valence-electron chi connectivity index (χ2n) is 9.01. The van der Waals surface area contributed by atoms with Gasteiger partial charge in [-0.1, -0.05) is 66.2 Å². The molecular formula is C30H35ClN4O. The highest BCUT2D eigenvalue weighted by molar-refractivity contribution is 6.33. The third-order valence-corrected chi connectivity index (χ3v) is 7.07. The Hall–Kier alpha value is -3.15. The summed E-state index contributed by atoms with van der Waals surface area (Å²) in [4.78, 5) is 24.5. The first kappa shape index (κ1) is 25.9. The molecule has 1 aliphatic rings. The topological polar surface area (TPSA) is 39.2 Å². The van der Waals surface area contributed by atoms with Crippen LogP contribution in [0.25, 0.3) is 0 Å². The number of rotatable bonds is 8. The van der Waals surface area contributed by atoms with Gasteiger partial charge in [-0.25, -0.2) is 4.99 Å². The molecule has 1 aliphatic heterocycles. The minimum atomic E-state index is 0.0585. The van der Waals surface area contributed by atoms with E-state index in [9.17, 15) is 4.79 Å². The smallest absolute Gasteiger partial charge is 0.253 e. The normalized spacial score (nSPS) is 14.6. The van der Waals surface area contributed by atoms with E-state index in [1.165, 1.54) is 5.56 Å². The fourth-order valence-corrected chi connectivity index (χ4v) is 4.72. The number of hydrogen-bond donors (Lipinski definition) is 0. The lowest BCUT2D eigenvalue weighted by molar-refractivity contribution is 0.0773. The van der Waals surface area contributed by atoms with E-state index >= 15 is 0 Å². The molecule has 4 rings (SSSR count). The van der Waals surface area contributed by atoms with Gasteiger partial charge in [0.05, 0.1) is 10.7 Å². The SMILES string of the molecule is CCN(CC)C(=O)c1ccc(/C(=N/c2ccccc2Cl)N2CCN(CCc3ccccc3)CC2)cc1. The van der Waals surface area contributed by atoms with E-state index in [4.69, 9.17) is 16.6 Å². The molecule has 0 aromatic heterocycles. The number of piperazine rings is 1. The maximum atomic E-state index is 12.8. The van der Waals surface area contributed by atoms with Crippen molar-refractivity contribution in [1.29, 1.82) is 0 Å². The van der Waals surface area contributed by atoms with Crippen molar-refractivity contribution in [3.63, 3.8) is 0 Å². The van der Waals surface area contributed by atoms with Crippen molar-refractivity contribution < 1.29 is 4.79 Å². The molecule has 1 saturated heterocycles. The van der Waals surface area contributed by atoms with Gasteiger partial charge in [-0.05, 0) is 50.1 Å². The molecule has 3 aromatic rings. The third kappa shape index (κ3) is 6.54. The molecule has 0 atom stereocenters. The van der Waals surface area contributed by atoms with E-state index in [0.717, 1.165) is 56.2 Å².